The molecule has 2 rings (SSSR count). The predicted octanol–water partition coefficient (Wildman–Crippen LogP) is 3.73. The second kappa shape index (κ2) is 6.61. The first-order valence-corrected chi connectivity index (χ1v) is 6.88. The summed E-state index contributed by atoms with van der Waals surface area (Å²) in [5.41, 5.74) is 10.6. The molecule has 6 heteroatoms. The van der Waals surface area contributed by atoms with Crippen LogP contribution in [0.15, 0.2) is 47.6 Å². The van der Waals surface area contributed by atoms with E-state index in [2.05, 4.69) is 10.5 Å². The van der Waals surface area contributed by atoms with Crippen molar-refractivity contribution in [2.75, 3.05) is 5.73 Å². The van der Waals surface area contributed by atoms with Crippen molar-refractivity contribution in [2.45, 2.75) is 6.92 Å². The Hall–Kier alpha value is -2.04. The van der Waals surface area contributed by atoms with Crippen LogP contribution in [0.1, 0.15) is 22.8 Å². The number of hydrazone groups is 1. The molecule has 0 aromatic heterocycles. The van der Waals surface area contributed by atoms with Gasteiger partial charge in [-0.15, -0.1) is 0 Å². The Balaban J connectivity index is 2.12. The number of nitrogens with zero attached hydrogens (tertiary/aromatic N) is 1. The van der Waals surface area contributed by atoms with Gasteiger partial charge in [-0.1, -0.05) is 35.3 Å². The lowest BCUT2D eigenvalue weighted by Gasteiger charge is -2.05. The van der Waals surface area contributed by atoms with Gasteiger partial charge < -0.3 is 5.73 Å². The highest BCUT2D eigenvalue weighted by Crippen LogP contribution is 2.20. The molecule has 3 N–H and O–H groups in total. The Kier molecular flexibility index (Phi) is 4.83. The molecule has 2 aromatic carbocycles. The molecule has 0 saturated carbocycles. The number of hydrogen-bond donors (Lipinski definition) is 2. The number of anilines is 1. The molecule has 2 aromatic rings. The van der Waals surface area contributed by atoms with Crippen molar-refractivity contribution in [1.29, 1.82) is 0 Å². The van der Waals surface area contributed by atoms with Crippen LogP contribution in [0.3, 0.4) is 0 Å². The Morgan fingerprint density at radius 1 is 1.14 bits per heavy atom. The lowest BCUT2D eigenvalue weighted by molar-refractivity contribution is 0.0955. The fourth-order valence-electron chi connectivity index (χ4n) is 1.66. The molecule has 0 aliphatic heterocycles. The van der Waals surface area contributed by atoms with Crippen molar-refractivity contribution in [1.82, 2.24) is 5.43 Å². The van der Waals surface area contributed by atoms with E-state index in [0.717, 1.165) is 5.56 Å². The van der Waals surface area contributed by atoms with Gasteiger partial charge in [-0.05, 0) is 42.8 Å². The van der Waals surface area contributed by atoms with E-state index in [1.54, 1.807) is 31.2 Å². The molecule has 108 valence electrons. The second-order valence-electron chi connectivity index (χ2n) is 4.38. The van der Waals surface area contributed by atoms with Gasteiger partial charge in [0.15, 0.2) is 0 Å². The highest BCUT2D eigenvalue weighted by atomic mass is 35.5. The summed E-state index contributed by atoms with van der Waals surface area (Å²) in [6, 6.07) is 11.9. The number of amides is 1. The molecule has 0 atom stereocenters. The number of halogens is 2. The third kappa shape index (κ3) is 3.97. The number of nitrogens with one attached hydrogen (secondary N) is 1. The van der Waals surface area contributed by atoms with Crippen molar-refractivity contribution in [3.8, 4) is 0 Å². The van der Waals surface area contributed by atoms with E-state index in [1.165, 1.54) is 6.07 Å². The van der Waals surface area contributed by atoms with Gasteiger partial charge in [-0.25, -0.2) is 5.43 Å². The third-order valence-electron chi connectivity index (χ3n) is 2.83. The predicted molar refractivity (Wildman–Crippen MR) is 87.0 cm³/mol. The normalized spacial score (nSPS) is 11.3. The monoisotopic (exact) mass is 321 g/mol. The van der Waals surface area contributed by atoms with E-state index < -0.39 is 5.91 Å². The van der Waals surface area contributed by atoms with Gasteiger partial charge in [-0.3, -0.25) is 4.79 Å². The van der Waals surface area contributed by atoms with Gasteiger partial charge >= 0.3 is 0 Å². The number of rotatable bonds is 3. The highest BCUT2D eigenvalue weighted by Gasteiger charge is 2.10. The van der Waals surface area contributed by atoms with Gasteiger partial charge in [0.2, 0.25) is 0 Å². The number of carbonyl (C=O) groups excluding carboxylic acids is 1. The maximum absolute atomic E-state index is 12.0. The van der Waals surface area contributed by atoms with E-state index >= 15 is 0 Å². The molecule has 0 aliphatic carbocycles. The van der Waals surface area contributed by atoms with Gasteiger partial charge in [-0.2, -0.15) is 5.10 Å². The van der Waals surface area contributed by atoms with Gasteiger partial charge in [0.05, 0.1) is 16.3 Å². The molecule has 21 heavy (non-hydrogen) atoms. The van der Waals surface area contributed by atoms with E-state index in [0.29, 0.717) is 22.0 Å². The first kappa shape index (κ1) is 15.4. The van der Waals surface area contributed by atoms with E-state index in [9.17, 15) is 4.79 Å². The molecule has 0 spiro atoms. The SMILES string of the molecule is C/C(=N/NC(=O)c1ccc(Cl)cc1Cl)c1ccc(N)cc1. The second-order valence-corrected chi connectivity index (χ2v) is 5.23. The van der Waals surface area contributed by atoms with Crippen LogP contribution >= 0.6 is 23.2 Å². The van der Waals surface area contributed by atoms with Crippen molar-refractivity contribution in [3.05, 3.63) is 63.6 Å². The van der Waals surface area contributed by atoms with Crippen LogP contribution in [-0.2, 0) is 0 Å². The standard InChI is InChI=1S/C15H13Cl2N3O/c1-9(10-2-5-12(18)6-3-10)19-20-15(21)13-7-4-11(16)8-14(13)17/h2-8H,18H2,1H3,(H,20,21)/b19-9-. The van der Waals surface area contributed by atoms with Crippen molar-refractivity contribution >= 4 is 40.5 Å². The topological polar surface area (TPSA) is 67.5 Å². The average Bonchev–Trinajstić information content (AvgIpc) is 2.45. The summed E-state index contributed by atoms with van der Waals surface area (Å²) >= 11 is 11.8. The molecule has 0 saturated heterocycles. The lowest BCUT2D eigenvalue weighted by Crippen LogP contribution is -2.19. The molecule has 1 amide bonds. The summed E-state index contributed by atoms with van der Waals surface area (Å²) in [5, 5.41) is 4.80. The van der Waals surface area contributed by atoms with Crippen LogP contribution in [0.25, 0.3) is 0 Å². The Labute approximate surface area is 132 Å². The molecule has 4 nitrogen and oxygen atoms in total. The first-order chi connectivity index (χ1) is 9.97. The first-order valence-electron chi connectivity index (χ1n) is 6.13. The van der Waals surface area contributed by atoms with E-state index in [4.69, 9.17) is 28.9 Å². The number of nitrogen functional groups attached to an aromatic ring is 1. The number of hydrogen-bond acceptors (Lipinski definition) is 3. The van der Waals surface area contributed by atoms with Crippen molar-refractivity contribution in [2.24, 2.45) is 5.10 Å². The minimum atomic E-state index is -0.397. The fourth-order valence-corrected chi connectivity index (χ4v) is 2.15. The van der Waals surface area contributed by atoms with E-state index in [-0.39, 0.29) is 5.02 Å². The zero-order chi connectivity index (χ0) is 15.4. The molecular weight excluding hydrogens is 309 g/mol. The Morgan fingerprint density at radius 3 is 2.43 bits per heavy atom. The largest absolute Gasteiger partial charge is 0.399 e. The number of carbonyl (C=O) groups is 1. The van der Waals surface area contributed by atoms with Crippen LogP contribution in [0, 0.1) is 0 Å². The summed E-state index contributed by atoms with van der Waals surface area (Å²) in [7, 11) is 0. The van der Waals surface area contributed by atoms with E-state index in [1.807, 2.05) is 12.1 Å². The average molecular weight is 322 g/mol. The fraction of sp³-hybridized carbons (Fsp3) is 0.0667. The Morgan fingerprint density at radius 2 is 1.81 bits per heavy atom. The molecule has 0 unspecified atom stereocenters. The summed E-state index contributed by atoms with van der Waals surface area (Å²) < 4.78 is 0. The highest BCUT2D eigenvalue weighted by molar-refractivity contribution is 6.36. The maximum Gasteiger partial charge on any atom is 0.272 e. The summed E-state index contributed by atoms with van der Waals surface area (Å²) in [6.45, 7) is 1.79. The van der Waals surface area contributed by atoms with Crippen LogP contribution in [-0.4, -0.2) is 11.6 Å². The van der Waals surface area contributed by atoms with Crippen LogP contribution < -0.4 is 11.2 Å². The Bertz CT molecular complexity index is 697. The molecule has 0 aliphatic rings. The van der Waals surface area contributed by atoms with Crippen molar-refractivity contribution in [3.63, 3.8) is 0 Å². The lowest BCUT2D eigenvalue weighted by atomic mass is 10.1. The number of benzene rings is 2. The van der Waals surface area contributed by atoms with Crippen LogP contribution in [0.5, 0.6) is 0 Å². The summed E-state index contributed by atoms with van der Waals surface area (Å²) in [4.78, 5) is 12.0. The minimum Gasteiger partial charge on any atom is -0.399 e. The molecule has 0 bridgehead atoms. The molecule has 0 heterocycles. The maximum atomic E-state index is 12.0. The molecule has 0 radical (unpaired) electrons. The quantitative estimate of drug-likeness (QED) is 0.514. The third-order valence-corrected chi connectivity index (χ3v) is 3.38. The van der Waals surface area contributed by atoms with Gasteiger partial charge in [0.25, 0.3) is 5.91 Å². The summed E-state index contributed by atoms with van der Waals surface area (Å²) in [6.07, 6.45) is 0. The van der Waals surface area contributed by atoms with Crippen LogP contribution in [0.4, 0.5) is 5.69 Å². The van der Waals surface area contributed by atoms with Crippen LogP contribution in [0.2, 0.25) is 10.0 Å². The zero-order valence-electron chi connectivity index (χ0n) is 11.2. The molecular formula is C15H13Cl2N3O. The zero-order valence-corrected chi connectivity index (χ0v) is 12.7. The number of nitrogens with two attached hydrogens (primary N) is 1. The van der Waals surface area contributed by atoms with Crippen molar-refractivity contribution < 1.29 is 4.79 Å². The smallest absolute Gasteiger partial charge is 0.272 e. The van der Waals surface area contributed by atoms with Gasteiger partial charge in [0.1, 0.15) is 0 Å². The van der Waals surface area contributed by atoms with Gasteiger partial charge in [0, 0.05) is 10.7 Å². The minimum absolute atomic E-state index is 0.278. The summed E-state index contributed by atoms with van der Waals surface area (Å²) in [5.74, 6) is -0.397. The molecule has 0 fully saturated rings.